The standard InChI is InChI=1S/C18H14Cl2N2O4/c1-18(11-5-3-2-4-6-11)16(24)22(17(25)21-18)10-15(23)26-14-8-7-12(19)9-13(14)20/h2-9H,10H2,1H3,(H,21,25). The predicted octanol–water partition coefficient (Wildman–Crippen LogP) is 3.37. The summed E-state index contributed by atoms with van der Waals surface area (Å²) in [5.41, 5.74) is -0.619. The zero-order chi connectivity index (χ0) is 18.9. The lowest BCUT2D eigenvalue weighted by Gasteiger charge is -2.21. The largest absolute Gasteiger partial charge is 0.424 e. The first-order chi connectivity index (χ1) is 12.3. The molecule has 1 aliphatic heterocycles. The van der Waals surface area contributed by atoms with Crippen LogP contribution < -0.4 is 10.1 Å². The van der Waals surface area contributed by atoms with Crippen molar-refractivity contribution in [3.63, 3.8) is 0 Å². The average molecular weight is 393 g/mol. The van der Waals surface area contributed by atoms with Crippen molar-refractivity contribution >= 4 is 41.1 Å². The molecule has 3 amide bonds. The first-order valence-electron chi connectivity index (χ1n) is 7.66. The minimum atomic E-state index is -1.24. The molecule has 2 aromatic rings. The Balaban J connectivity index is 1.74. The molecular weight excluding hydrogens is 379 g/mol. The number of amides is 3. The van der Waals surface area contributed by atoms with Crippen LogP contribution in [-0.4, -0.2) is 29.4 Å². The summed E-state index contributed by atoms with van der Waals surface area (Å²) in [6, 6.07) is 12.5. The van der Waals surface area contributed by atoms with E-state index in [9.17, 15) is 14.4 Å². The van der Waals surface area contributed by atoms with E-state index in [4.69, 9.17) is 27.9 Å². The maximum atomic E-state index is 12.7. The van der Waals surface area contributed by atoms with Crippen LogP contribution >= 0.6 is 23.2 Å². The number of rotatable bonds is 4. The summed E-state index contributed by atoms with van der Waals surface area (Å²) in [5.74, 6) is -1.23. The smallest absolute Gasteiger partial charge is 0.331 e. The average Bonchev–Trinajstić information content (AvgIpc) is 2.82. The second-order valence-electron chi connectivity index (χ2n) is 5.86. The molecule has 0 radical (unpaired) electrons. The number of hydrogen-bond acceptors (Lipinski definition) is 4. The Morgan fingerprint density at radius 2 is 1.85 bits per heavy atom. The topological polar surface area (TPSA) is 75.7 Å². The molecule has 134 valence electrons. The molecule has 3 rings (SSSR count). The SMILES string of the molecule is CC1(c2ccccc2)NC(=O)N(CC(=O)Oc2ccc(Cl)cc2Cl)C1=O. The van der Waals surface area contributed by atoms with Gasteiger partial charge in [-0.2, -0.15) is 0 Å². The predicted molar refractivity (Wildman–Crippen MR) is 96.1 cm³/mol. The van der Waals surface area contributed by atoms with Gasteiger partial charge < -0.3 is 10.1 Å². The van der Waals surface area contributed by atoms with Crippen LogP contribution in [0.3, 0.4) is 0 Å². The number of urea groups is 1. The zero-order valence-corrected chi connectivity index (χ0v) is 15.2. The van der Waals surface area contributed by atoms with Crippen molar-refractivity contribution in [3.8, 4) is 5.75 Å². The molecule has 2 aromatic carbocycles. The molecular formula is C18H14Cl2N2O4. The number of halogens is 2. The van der Waals surface area contributed by atoms with Gasteiger partial charge >= 0.3 is 12.0 Å². The van der Waals surface area contributed by atoms with Crippen LogP contribution in [0.15, 0.2) is 48.5 Å². The Bertz CT molecular complexity index is 888. The normalized spacial score (nSPS) is 19.4. The van der Waals surface area contributed by atoms with Gasteiger partial charge in [0.05, 0.1) is 5.02 Å². The van der Waals surface area contributed by atoms with Gasteiger partial charge in [-0.25, -0.2) is 9.59 Å². The first kappa shape index (κ1) is 18.2. The van der Waals surface area contributed by atoms with Gasteiger partial charge in [0, 0.05) is 5.02 Å². The Kier molecular flexibility index (Phi) is 4.89. The maximum Gasteiger partial charge on any atom is 0.331 e. The van der Waals surface area contributed by atoms with E-state index in [1.165, 1.54) is 18.2 Å². The summed E-state index contributed by atoms with van der Waals surface area (Å²) in [6.07, 6.45) is 0. The molecule has 6 nitrogen and oxygen atoms in total. The Morgan fingerprint density at radius 1 is 1.15 bits per heavy atom. The highest BCUT2D eigenvalue weighted by Crippen LogP contribution is 2.30. The molecule has 8 heteroatoms. The fourth-order valence-electron chi connectivity index (χ4n) is 2.65. The molecule has 1 aliphatic rings. The number of nitrogens with zero attached hydrogens (tertiary/aromatic N) is 1. The molecule has 1 unspecified atom stereocenters. The molecule has 1 atom stereocenters. The van der Waals surface area contributed by atoms with Crippen molar-refractivity contribution in [1.82, 2.24) is 10.2 Å². The third kappa shape index (κ3) is 3.38. The van der Waals surface area contributed by atoms with Crippen molar-refractivity contribution < 1.29 is 19.1 Å². The summed E-state index contributed by atoms with van der Waals surface area (Å²) in [5, 5.41) is 3.16. The third-order valence-corrected chi connectivity index (χ3v) is 4.56. The second-order valence-corrected chi connectivity index (χ2v) is 6.70. The fraction of sp³-hybridized carbons (Fsp3) is 0.167. The monoisotopic (exact) mass is 392 g/mol. The number of esters is 1. The van der Waals surface area contributed by atoms with Gasteiger partial charge in [0.2, 0.25) is 0 Å². The minimum Gasteiger partial charge on any atom is -0.424 e. The molecule has 0 bridgehead atoms. The molecule has 0 saturated carbocycles. The Hall–Kier alpha value is -2.57. The number of nitrogens with one attached hydrogen (secondary N) is 1. The van der Waals surface area contributed by atoms with E-state index in [0.717, 1.165) is 4.90 Å². The Labute approximate surface area is 159 Å². The number of hydrogen-bond donors (Lipinski definition) is 1. The summed E-state index contributed by atoms with van der Waals surface area (Å²) in [6.45, 7) is 1.05. The van der Waals surface area contributed by atoms with E-state index in [2.05, 4.69) is 5.32 Å². The van der Waals surface area contributed by atoms with Crippen molar-refractivity contribution in [2.75, 3.05) is 6.54 Å². The molecule has 1 fully saturated rings. The van der Waals surface area contributed by atoms with Gasteiger partial charge in [0.1, 0.15) is 17.8 Å². The first-order valence-corrected chi connectivity index (χ1v) is 8.42. The van der Waals surface area contributed by atoms with Gasteiger partial charge in [0.25, 0.3) is 5.91 Å². The van der Waals surface area contributed by atoms with Crippen LogP contribution in [0.1, 0.15) is 12.5 Å². The van der Waals surface area contributed by atoms with Crippen LogP contribution in [0, 0.1) is 0 Å². The highest BCUT2D eigenvalue weighted by Gasteiger charge is 2.49. The lowest BCUT2D eigenvalue weighted by Crippen LogP contribution is -2.41. The molecule has 0 aliphatic carbocycles. The zero-order valence-electron chi connectivity index (χ0n) is 13.7. The second kappa shape index (κ2) is 6.97. The van der Waals surface area contributed by atoms with Gasteiger partial charge in [-0.3, -0.25) is 9.69 Å². The molecule has 0 spiro atoms. The van der Waals surface area contributed by atoms with E-state index in [1.807, 2.05) is 0 Å². The minimum absolute atomic E-state index is 0.0962. The van der Waals surface area contributed by atoms with Gasteiger partial charge in [-0.15, -0.1) is 0 Å². The van der Waals surface area contributed by atoms with Crippen molar-refractivity contribution in [3.05, 3.63) is 64.1 Å². The molecule has 1 saturated heterocycles. The summed E-state index contributed by atoms with van der Waals surface area (Å²) in [7, 11) is 0. The van der Waals surface area contributed by atoms with E-state index < -0.39 is 30.0 Å². The van der Waals surface area contributed by atoms with E-state index in [-0.39, 0.29) is 10.8 Å². The van der Waals surface area contributed by atoms with Crippen molar-refractivity contribution in [2.24, 2.45) is 0 Å². The summed E-state index contributed by atoms with van der Waals surface area (Å²) in [4.78, 5) is 37.9. The lowest BCUT2D eigenvalue weighted by molar-refractivity contribution is -0.140. The highest BCUT2D eigenvalue weighted by molar-refractivity contribution is 6.35. The molecule has 1 N–H and O–H groups in total. The van der Waals surface area contributed by atoms with Crippen LogP contribution in [0.2, 0.25) is 10.0 Å². The number of carbonyl (C=O) groups excluding carboxylic acids is 3. The lowest BCUT2D eigenvalue weighted by atomic mass is 9.92. The highest BCUT2D eigenvalue weighted by atomic mass is 35.5. The fourth-order valence-corrected chi connectivity index (χ4v) is 3.10. The molecule has 0 aromatic heterocycles. The van der Waals surface area contributed by atoms with Gasteiger partial charge in [0.15, 0.2) is 0 Å². The maximum absolute atomic E-state index is 12.7. The number of ether oxygens (including phenoxy) is 1. The Morgan fingerprint density at radius 3 is 2.50 bits per heavy atom. The van der Waals surface area contributed by atoms with Gasteiger partial charge in [-0.05, 0) is 30.7 Å². The molecule has 1 heterocycles. The van der Waals surface area contributed by atoms with E-state index >= 15 is 0 Å². The summed E-state index contributed by atoms with van der Waals surface area (Å²) >= 11 is 11.7. The van der Waals surface area contributed by atoms with Crippen LogP contribution in [0.5, 0.6) is 5.75 Å². The number of carbonyl (C=O) groups is 3. The summed E-state index contributed by atoms with van der Waals surface area (Å²) < 4.78 is 5.13. The number of imide groups is 1. The molecule has 26 heavy (non-hydrogen) atoms. The van der Waals surface area contributed by atoms with Crippen LogP contribution in [-0.2, 0) is 15.1 Å². The van der Waals surface area contributed by atoms with Crippen molar-refractivity contribution in [1.29, 1.82) is 0 Å². The third-order valence-electron chi connectivity index (χ3n) is 4.03. The van der Waals surface area contributed by atoms with E-state index in [1.54, 1.807) is 37.3 Å². The van der Waals surface area contributed by atoms with Gasteiger partial charge in [-0.1, -0.05) is 53.5 Å². The van der Waals surface area contributed by atoms with Crippen LogP contribution in [0.4, 0.5) is 4.79 Å². The quantitative estimate of drug-likeness (QED) is 0.491. The van der Waals surface area contributed by atoms with Crippen LogP contribution in [0.25, 0.3) is 0 Å². The number of benzene rings is 2. The van der Waals surface area contributed by atoms with Crippen molar-refractivity contribution in [2.45, 2.75) is 12.5 Å². The van der Waals surface area contributed by atoms with E-state index in [0.29, 0.717) is 10.6 Å².